The SMILES string of the molecule is CCCCCCOc1ccc(C(=O)NC(=S)Nc2sc3c(c2C(=O)OC)CCCC3)cc1Br. The Labute approximate surface area is 212 Å². The zero-order chi connectivity index (χ0) is 23.8. The molecule has 0 unspecified atom stereocenters. The van der Waals surface area contributed by atoms with Crippen molar-refractivity contribution in [3.63, 3.8) is 0 Å². The molecule has 0 radical (unpaired) electrons. The van der Waals surface area contributed by atoms with E-state index < -0.39 is 0 Å². The van der Waals surface area contributed by atoms with Gasteiger partial charge in [-0.2, -0.15) is 0 Å². The Kier molecular flexibility index (Phi) is 9.70. The van der Waals surface area contributed by atoms with Gasteiger partial charge in [-0.15, -0.1) is 11.3 Å². The molecule has 0 saturated heterocycles. The van der Waals surface area contributed by atoms with Gasteiger partial charge in [0, 0.05) is 10.4 Å². The van der Waals surface area contributed by atoms with E-state index in [1.165, 1.54) is 36.2 Å². The number of ether oxygens (including phenoxy) is 2. The second-order valence-electron chi connectivity index (χ2n) is 7.87. The second-order valence-corrected chi connectivity index (χ2v) is 10.2. The fraction of sp³-hybridized carbons (Fsp3) is 0.458. The van der Waals surface area contributed by atoms with Crippen LogP contribution in [0.1, 0.15) is 76.6 Å². The molecular weight excluding hydrogens is 524 g/mol. The van der Waals surface area contributed by atoms with E-state index in [1.54, 1.807) is 18.2 Å². The van der Waals surface area contributed by atoms with E-state index in [0.717, 1.165) is 44.1 Å². The molecule has 178 valence electrons. The first-order valence-electron chi connectivity index (χ1n) is 11.2. The first kappa shape index (κ1) is 25.6. The van der Waals surface area contributed by atoms with Crippen LogP contribution in [0, 0.1) is 0 Å². The highest BCUT2D eigenvalue weighted by Gasteiger charge is 2.26. The van der Waals surface area contributed by atoms with E-state index in [1.807, 2.05) is 0 Å². The van der Waals surface area contributed by atoms with E-state index in [0.29, 0.717) is 33.0 Å². The molecule has 0 fully saturated rings. The van der Waals surface area contributed by atoms with E-state index in [9.17, 15) is 9.59 Å². The third-order valence-corrected chi connectivity index (χ3v) is 7.50. The normalized spacial score (nSPS) is 12.6. The molecule has 1 amide bonds. The average molecular weight is 554 g/mol. The van der Waals surface area contributed by atoms with E-state index in [4.69, 9.17) is 21.7 Å². The number of methoxy groups -OCH3 is 1. The first-order chi connectivity index (χ1) is 15.9. The van der Waals surface area contributed by atoms with Crippen molar-refractivity contribution < 1.29 is 19.1 Å². The summed E-state index contributed by atoms with van der Waals surface area (Å²) in [5.74, 6) is -0.0282. The van der Waals surface area contributed by atoms with Crippen LogP contribution in [0.25, 0.3) is 0 Å². The molecular formula is C24H29BrN2O4S2. The molecule has 2 aromatic rings. The van der Waals surface area contributed by atoms with Crippen LogP contribution in [-0.2, 0) is 17.6 Å². The van der Waals surface area contributed by atoms with Crippen molar-refractivity contribution in [2.75, 3.05) is 19.0 Å². The van der Waals surface area contributed by atoms with E-state index in [2.05, 4.69) is 33.5 Å². The zero-order valence-corrected chi connectivity index (χ0v) is 22.1. The summed E-state index contributed by atoms with van der Waals surface area (Å²) in [7, 11) is 1.37. The number of aryl methyl sites for hydroxylation is 1. The van der Waals surface area contributed by atoms with Crippen molar-refractivity contribution in [1.82, 2.24) is 5.32 Å². The van der Waals surface area contributed by atoms with E-state index in [-0.39, 0.29) is 17.0 Å². The molecule has 0 spiro atoms. The van der Waals surface area contributed by atoms with Crippen molar-refractivity contribution in [3.8, 4) is 5.75 Å². The highest BCUT2D eigenvalue weighted by atomic mass is 79.9. The third kappa shape index (κ3) is 6.77. The monoisotopic (exact) mass is 552 g/mol. The van der Waals surface area contributed by atoms with Crippen LogP contribution in [-0.4, -0.2) is 30.7 Å². The molecule has 1 heterocycles. The lowest BCUT2D eigenvalue weighted by Crippen LogP contribution is -2.34. The summed E-state index contributed by atoms with van der Waals surface area (Å²) in [4.78, 5) is 26.3. The number of hydrogen-bond acceptors (Lipinski definition) is 6. The van der Waals surface area contributed by atoms with Gasteiger partial charge in [0.15, 0.2) is 5.11 Å². The maximum Gasteiger partial charge on any atom is 0.341 e. The summed E-state index contributed by atoms with van der Waals surface area (Å²) in [5.41, 5.74) is 2.00. The van der Waals surface area contributed by atoms with Crippen molar-refractivity contribution >= 4 is 61.5 Å². The minimum Gasteiger partial charge on any atom is -0.492 e. The molecule has 3 rings (SSSR count). The van der Waals surface area contributed by atoms with Gasteiger partial charge in [0.2, 0.25) is 0 Å². The summed E-state index contributed by atoms with van der Waals surface area (Å²) >= 11 is 10.3. The topological polar surface area (TPSA) is 76.7 Å². The van der Waals surface area contributed by atoms with Crippen LogP contribution in [0.3, 0.4) is 0 Å². The van der Waals surface area contributed by atoms with Crippen LogP contribution < -0.4 is 15.4 Å². The fourth-order valence-electron chi connectivity index (χ4n) is 3.75. The van der Waals surface area contributed by atoms with Crippen molar-refractivity contribution in [2.45, 2.75) is 58.3 Å². The number of amides is 1. The summed E-state index contributed by atoms with van der Waals surface area (Å²) in [6.45, 7) is 2.82. The number of rotatable bonds is 9. The quantitative estimate of drug-likeness (QED) is 0.217. The molecule has 6 nitrogen and oxygen atoms in total. The van der Waals surface area contributed by atoms with Crippen molar-refractivity contribution in [2.24, 2.45) is 0 Å². The van der Waals surface area contributed by atoms with Crippen LogP contribution in [0.4, 0.5) is 5.00 Å². The smallest absolute Gasteiger partial charge is 0.341 e. The minimum atomic E-state index is -0.389. The molecule has 1 aliphatic rings. The Morgan fingerprint density at radius 2 is 1.97 bits per heavy atom. The molecule has 2 N–H and O–H groups in total. The molecule has 33 heavy (non-hydrogen) atoms. The van der Waals surface area contributed by atoms with Gasteiger partial charge in [0.25, 0.3) is 5.91 Å². The Morgan fingerprint density at radius 1 is 1.18 bits per heavy atom. The lowest BCUT2D eigenvalue weighted by Gasteiger charge is -2.13. The van der Waals surface area contributed by atoms with Crippen molar-refractivity contribution in [1.29, 1.82) is 0 Å². The predicted molar refractivity (Wildman–Crippen MR) is 140 cm³/mol. The largest absolute Gasteiger partial charge is 0.492 e. The lowest BCUT2D eigenvalue weighted by molar-refractivity contribution is 0.0601. The molecule has 9 heteroatoms. The molecule has 1 aromatic heterocycles. The number of benzene rings is 1. The molecule has 1 aliphatic carbocycles. The number of carbonyl (C=O) groups excluding carboxylic acids is 2. The number of thiophene rings is 1. The maximum atomic E-state index is 12.7. The molecule has 0 aliphatic heterocycles. The van der Waals surface area contributed by atoms with Gasteiger partial charge in [-0.1, -0.05) is 26.2 Å². The first-order valence-corrected chi connectivity index (χ1v) is 13.2. The van der Waals surface area contributed by atoms with E-state index >= 15 is 0 Å². The number of carbonyl (C=O) groups is 2. The summed E-state index contributed by atoms with van der Waals surface area (Å²) < 4.78 is 11.5. The van der Waals surface area contributed by atoms with Crippen LogP contribution in [0.5, 0.6) is 5.75 Å². The second kappa shape index (κ2) is 12.5. The van der Waals surface area contributed by atoms with Gasteiger partial charge in [-0.25, -0.2) is 4.79 Å². The Balaban J connectivity index is 1.62. The number of fused-ring (bicyclic) bond motifs is 1. The average Bonchev–Trinajstić information content (AvgIpc) is 3.16. The summed E-state index contributed by atoms with van der Waals surface area (Å²) in [6, 6.07) is 5.19. The number of unbranched alkanes of at least 4 members (excludes halogenated alkanes) is 3. The molecule has 1 aromatic carbocycles. The number of anilines is 1. The standard InChI is InChI=1S/C24H29BrN2O4S2/c1-3-4-5-8-13-31-18-12-11-15(14-17(18)25)21(28)26-24(32)27-22-20(23(29)30-2)16-9-6-7-10-19(16)33-22/h11-12,14H,3-10,13H2,1-2H3,(H2,26,27,28,32). The summed E-state index contributed by atoms with van der Waals surface area (Å²) in [5, 5.41) is 6.48. The van der Waals surface area contributed by atoms with Gasteiger partial charge in [-0.3, -0.25) is 10.1 Å². The van der Waals surface area contributed by atoms with Gasteiger partial charge >= 0.3 is 5.97 Å². The number of nitrogens with one attached hydrogen (secondary N) is 2. The fourth-order valence-corrected chi connectivity index (χ4v) is 5.79. The van der Waals surface area contributed by atoms with Gasteiger partial charge in [0.05, 0.1) is 23.8 Å². The number of esters is 1. The Bertz CT molecular complexity index is 1020. The van der Waals surface area contributed by atoms with Gasteiger partial charge in [0.1, 0.15) is 10.8 Å². The maximum absolute atomic E-state index is 12.7. The molecule has 0 atom stereocenters. The summed E-state index contributed by atoms with van der Waals surface area (Å²) in [6.07, 6.45) is 8.45. The minimum absolute atomic E-state index is 0.135. The lowest BCUT2D eigenvalue weighted by atomic mass is 9.95. The number of thiocarbonyl (C=S) groups is 1. The van der Waals surface area contributed by atoms with Crippen LogP contribution in [0.15, 0.2) is 22.7 Å². The van der Waals surface area contributed by atoms with Gasteiger partial charge < -0.3 is 14.8 Å². The Morgan fingerprint density at radius 3 is 2.70 bits per heavy atom. The predicted octanol–water partition coefficient (Wildman–Crippen LogP) is 6.26. The number of halogens is 1. The highest BCUT2D eigenvalue weighted by Crippen LogP contribution is 2.38. The van der Waals surface area contributed by atoms with Crippen molar-refractivity contribution in [3.05, 3.63) is 44.2 Å². The zero-order valence-electron chi connectivity index (χ0n) is 18.9. The van der Waals surface area contributed by atoms with Crippen LogP contribution >= 0.6 is 39.5 Å². The Hall–Kier alpha value is -1.97. The molecule has 0 bridgehead atoms. The number of hydrogen-bond donors (Lipinski definition) is 2. The highest BCUT2D eigenvalue weighted by molar-refractivity contribution is 9.10. The van der Waals surface area contributed by atoms with Crippen LogP contribution in [0.2, 0.25) is 0 Å². The third-order valence-electron chi connectivity index (χ3n) is 5.46. The molecule has 0 saturated carbocycles. The van der Waals surface area contributed by atoms with Gasteiger partial charge in [-0.05, 0) is 84.0 Å².